The number of ether oxygens (including phenoxy) is 1. The van der Waals surface area contributed by atoms with Crippen LogP contribution in [0.15, 0.2) is 77.7 Å². The zero-order valence-corrected chi connectivity index (χ0v) is 20.0. The summed E-state index contributed by atoms with van der Waals surface area (Å²) in [5.41, 5.74) is 2.46. The van der Waals surface area contributed by atoms with Crippen LogP contribution in [0.3, 0.4) is 0 Å². The largest absolute Gasteiger partial charge is 0.465 e. The van der Waals surface area contributed by atoms with Crippen molar-refractivity contribution in [1.82, 2.24) is 0 Å². The zero-order chi connectivity index (χ0) is 24.5. The highest BCUT2D eigenvalue weighted by Gasteiger charge is 2.40. The Morgan fingerprint density at radius 1 is 1.00 bits per heavy atom. The van der Waals surface area contributed by atoms with Crippen molar-refractivity contribution in [1.29, 1.82) is 0 Å². The van der Waals surface area contributed by atoms with Crippen molar-refractivity contribution in [3.63, 3.8) is 0 Å². The number of rotatable bonds is 5. The fraction of sp³-hybridized carbons (Fsp3) is 0.120. The Hall–Kier alpha value is -3.62. The van der Waals surface area contributed by atoms with Gasteiger partial charge in [0.2, 0.25) is 0 Å². The number of benzene rings is 3. The van der Waals surface area contributed by atoms with E-state index in [0.717, 1.165) is 0 Å². The number of esters is 1. The Labute approximate surface area is 202 Å². The average molecular weight is 497 g/mol. The Bertz CT molecular complexity index is 1400. The molecule has 0 aliphatic carbocycles. The SMILES string of the molecule is CCN1c2ccc(Cl)cc2C(c2ccccc2)=C(C(=O)Nc2ccc(C(=O)OC)cc2)S1(=O)=O. The van der Waals surface area contributed by atoms with Crippen molar-refractivity contribution >= 4 is 50.4 Å². The second-order valence-corrected chi connectivity index (χ2v) is 9.66. The van der Waals surface area contributed by atoms with Gasteiger partial charge in [-0.15, -0.1) is 0 Å². The van der Waals surface area contributed by atoms with Crippen molar-refractivity contribution < 1.29 is 22.7 Å². The molecule has 0 unspecified atom stereocenters. The first kappa shape index (κ1) is 23.5. The molecule has 7 nitrogen and oxygen atoms in total. The Morgan fingerprint density at radius 3 is 2.29 bits per heavy atom. The molecule has 1 aliphatic rings. The lowest BCUT2D eigenvalue weighted by atomic mass is 9.95. The average Bonchev–Trinajstić information content (AvgIpc) is 2.83. The third-order valence-corrected chi connectivity index (χ3v) is 7.57. The second-order valence-electron chi connectivity index (χ2n) is 7.42. The summed E-state index contributed by atoms with van der Waals surface area (Å²) in [6, 6.07) is 19.7. The minimum absolute atomic E-state index is 0.129. The summed E-state index contributed by atoms with van der Waals surface area (Å²) < 4.78 is 33.3. The number of carbonyl (C=O) groups excluding carboxylic acids is 2. The van der Waals surface area contributed by atoms with Gasteiger partial charge in [-0.3, -0.25) is 9.10 Å². The van der Waals surface area contributed by atoms with Gasteiger partial charge in [-0.25, -0.2) is 13.2 Å². The van der Waals surface area contributed by atoms with E-state index in [0.29, 0.717) is 33.1 Å². The number of sulfonamides is 1. The number of methoxy groups -OCH3 is 1. The molecule has 0 atom stereocenters. The van der Waals surface area contributed by atoms with Crippen molar-refractivity contribution in [3.8, 4) is 0 Å². The molecule has 1 N–H and O–H groups in total. The van der Waals surface area contributed by atoms with E-state index in [1.807, 2.05) is 0 Å². The van der Waals surface area contributed by atoms with Crippen LogP contribution >= 0.6 is 11.6 Å². The lowest BCUT2D eigenvalue weighted by molar-refractivity contribution is -0.112. The summed E-state index contributed by atoms with van der Waals surface area (Å²) in [4.78, 5) is 24.8. The molecule has 0 spiro atoms. The highest BCUT2D eigenvalue weighted by atomic mass is 35.5. The molecule has 1 amide bonds. The van der Waals surface area contributed by atoms with E-state index in [2.05, 4.69) is 10.1 Å². The Kier molecular flexibility index (Phi) is 6.45. The number of carbonyl (C=O) groups is 2. The van der Waals surface area contributed by atoms with E-state index >= 15 is 0 Å². The molecule has 0 radical (unpaired) electrons. The van der Waals surface area contributed by atoms with Crippen LogP contribution in [0.25, 0.3) is 5.57 Å². The standard InChI is InChI=1S/C25H21ClN2O5S/c1-3-28-21-14-11-18(26)15-20(21)22(16-7-5-4-6-8-16)23(34(28,31)32)24(29)27-19-12-9-17(10-13-19)25(30)33-2/h4-15H,3H2,1-2H3,(H,27,29). The van der Waals surface area contributed by atoms with E-state index < -0.39 is 21.9 Å². The molecule has 3 aromatic carbocycles. The molecule has 34 heavy (non-hydrogen) atoms. The van der Waals surface area contributed by atoms with Gasteiger partial charge in [0, 0.05) is 28.4 Å². The monoisotopic (exact) mass is 496 g/mol. The van der Waals surface area contributed by atoms with Gasteiger partial charge in [-0.05, 0) is 55.0 Å². The van der Waals surface area contributed by atoms with Crippen molar-refractivity contribution in [2.24, 2.45) is 0 Å². The molecule has 0 saturated heterocycles. The molecule has 0 fully saturated rings. The number of anilines is 2. The summed E-state index contributed by atoms with van der Waals surface area (Å²) >= 11 is 6.27. The predicted octanol–water partition coefficient (Wildman–Crippen LogP) is 4.69. The third kappa shape index (κ3) is 4.18. The van der Waals surface area contributed by atoms with Crippen LogP contribution in [0.1, 0.15) is 28.4 Å². The van der Waals surface area contributed by atoms with E-state index in [1.54, 1.807) is 55.5 Å². The van der Waals surface area contributed by atoms with Crippen molar-refractivity contribution in [2.75, 3.05) is 23.3 Å². The second kappa shape index (κ2) is 9.32. The molecule has 0 bridgehead atoms. The number of halogens is 1. The first-order valence-electron chi connectivity index (χ1n) is 10.4. The van der Waals surface area contributed by atoms with E-state index in [4.69, 9.17) is 11.6 Å². The van der Waals surface area contributed by atoms with E-state index in [9.17, 15) is 18.0 Å². The molecule has 9 heteroatoms. The number of hydrogen-bond acceptors (Lipinski definition) is 5. The van der Waals surface area contributed by atoms with Gasteiger partial charge in [0.25, 0.3) is 15.9 Å². The maximum Gasteiger partial charge on any atom is 0.337 e. The summed E-state index contributed by atoms with van der Waals surface area (Å²) in [6.45, 7) is 1.83. The maximum absolute atomic E-state index is 13.7. The van der Waals surface area contributed by atoms with Crippen LogP contribution in [0.5, 0.6) is 0 Å². The van der Waals surface area contributed by atoms with Gasteiger partial charge in [0.1, 0.15) is 0 Å². The molecular formula is C25H21ClN2O5S. The fourth-order valence-electron chi connectivity index (χ4n) is 3.87. The topological polar surface area (TPSA) is 92.8 Å². The van der Waals surface area contributed by atoms with E-state index in [1.165, 1.54) is 35.7 Å². The van der Waals surface area contributed by atoms with Crippen molar-refractivity contribution in [2.45, 2.75) is 6.92 Å². The number of hydrogen-bond donors (Lipinski definition) is 1. The molecule has 0 aromatic heterocycles. The smallest absolute Gasteiger partial charge is 0.337 e. The quantitative estimate of drug-likeness (QED) is 0.517. The van der Waals surface area contributed by atoms with Crippen LogP contribution in [0.2, 0.25) is 5.02 Å². The van der Waals surface area contributed by atoms with Gasteiger partial charge in [0.15, 0.2) is 4.91 Å². The van der Waals surface area contributed by atoms with Gasteiger partial charge in [-0.1, -0.05) is 41.9 Å². The van der Waals surface area contributed by atoms with Crippen LogP contribution in [-0.2, 0) is 19.6 Å². The molecule has 174 valence electrons. The molecular weight excluding hydrogens is 476 g/mol. The number of nitrogens with zero attached hydrogens (tertiary/aromatic N) is 1. The normalized spacial score (nSPS) is 14.4. The van der Waals surface area contributed by atoms with Gasteiger partial charge in [0.05, 0.1) is 18.4 Å². The number of amides is 1. The minimum Gasteiger partial charge on any atom is -0.465 e. The molecule has 1 heterocycles. The van der Waals surface area contributed by atoms with Crippen LogP contribution in [0.4, 0.5) is 11.4 Å². The first-order chi connectivity index (χ1) is 16.3. The summed E-state index contributed by atoms with van der Waals surface area (Å²) in [5, 5.41) is 3.07. The predicted molar refractivity (Wildman–Crippen MR) is 132 cm³/mol. The number of nitrogens with one attached hydrogen (secondary N) is 1. The molecule has 3 aromatic rings. The molecule has 1 aliphatic heterocycles. The van der Waals surface area contributed by atoms with Crippen LogP contribution in [0, 0.1) is 0 Å². The third-order valence-electron chi connectivity index (χ3n) is 5.39. The Balaban J connectivity index is 1.90. The van der Waals surface area contributed by atoms with Gasteiger partial charge in [-0.2, -0.15) is 0 Å². The lowest BCUT2D eigenvalue weighted by Crippen LogP contribution is -2.39. The van der Waals surface area contributed by atoms with Gasteiger partial charge < -0.3 is 10.1 Å². The number of fused-ring (bicyclic) bond motifs is 1. The maximum atomic E-state index is 13.7. The Morgan fingerprint density at radius 2 is 1.68 bits per heavy atom. The summed E-state index contributed by atoms with van der Waals surface area (Å²) in [7, 11) is -2.93. The molecule has 4 rings (SSSR count). The summed E-state index contributed by atoms with van der Waals surface area (Å²) in [5.74, 6) is -1.32. The van der Waals surface area contributed by atoms with Crippen LogP contribution < -0.4 is 9.62 Å². The lowest BCUT2D eigenvalue weighted by Gasteiger charge is -2.33. The highest BCUT2D eigenvalue weighted by molar-refractivity contribution is 7.97. The fourth-order valence-corrected chi connectivity index (χ4v) is 5.80. The minimum atomic E-state index is -4.20. The highest BCUT2D eigenvalue weighted by Crippen LogP contribution is 2.43. The van der Waals surface area contributed by atoms with Crippen molar-refractivity contribution in [3.05, 3.63) is 99.4 Å². The molecule has 0 saturated carbocycles. The zero-order valence-electron chi connectivity index (χ0n) is 18.4. The van der Waals surface area contributed by atoms with Gasteiger partial charge >= 0.3 is 5.97 Å². The van der Waals surface area contributed by atoms with E-state index in [-0.39, 0.29) is 17.0 Å². The van der Waals surface area contributed by atoms with Crippen LogP contribution in [-0.4, -0.2) is 33.9 Å². The first-order valence-corrected chi connectivity index (χ1v) is 12.2. The summed E-state index contributed by atoms with van der Waals surface area (Å²) in [6.07, 6.45) is 0.